The van der Waals surface area contributed by atoms with Crippen molar-refractivity contribution in [1.82, 2.24) is 0 Å². The van der Waals surface area contributed by atoms with E-state index >= 15 is 0 Å². The molecule has 3 N–H and O–H groups in total. The number of aliphatic carboxylic acids is 1. The summed E-state index contributed by atoms with van der Waals surface area (Å²) in [6, 6.07) is 6.16. The lowest BCUT2D eigenvalue weighted by molar-refractivity contribution is -0.156. The lowest BCUT2D eigenvalue weighted by Gasteiger charge is -2.17. The van der Waals surface area contributed by atoms with Gasteiger partial charge in [-0.1, -0.05) is 12.1 Å². The minimum Gasteiger partial charge on any atom is -0.508 e. The van der Waals surface area contributed by atoms with Crippen molar-refractivity contribution in [2.75, 3.05) is 0 Å². The summed E-state index contributed by atoms with van der Waals surface area (Å²) in [4.78, 5) is 10.6. The third kappa shape index (κ3) is 2.47. The van der Waals surface area contributed by atoms with Crippen LogP contribution in [0.5, 0.6) is 5.75 Å². The number of carbonyl (C=O) groups is 1. The molecule has 1 aromatic rings. The number of benzene rings is 1. The summed E-state index contributed by atoms with van der Waals surface area (Å²) in [5.74, 6) is -1.22. The molecule has 0 aromatic heterocycles. The van der Waals surface area contributed by atoms with E-state index in [0.29, 0.717) is 5.56 Å². The molecule has 1 atom stereocenters. The number of carboxylic acid groups (broad SMARTS) is 1. The second-order valence-corrected chi connectivity index (χ2v) is 3.43. The summed E-state index contributed by atoms with van der Waals surface area (Å²) in [5, 5.41) is 27.2. The van der Waals surface area contributed by atoms with Crippen LogP contribution in [-0.2, 0) is 11.2 Å². The third-order valence-electron chi connectivity index (χ3n) is 1.92. The van der Waals surface area contributed by atoms with Crippen LogP contribution in [0, 0.1) is 0 Å². The average Bonchev–Trinajstić information content (AvgIpc) is 2.02. The zero-order valence-electron chi connectivity index (χ0n) is 7.77. The van der Waals surface area contributed by atoms with Gasteiger partial charge in [0.25, 0.3) is 0 Å². The van der Waals surface area contributed by atoms with Gasteiger partial charge in [0.2, 0.25) is 0 Å². The van der Waals surface area contributed by atoms with Crippen molar-refractivity contribution < 1.29 is 20.1 Å². The first kappa shape index (κ1) is 10.5. The molecule has 0 aliphatic carbocycles. The molecule has 1 aromatic carbocycles. The number of rotatable bonds is 3. The quantitative estimate of drug-likeness (QED) is 0.667. The minimum atomic E-state index is -1.80. The maximum atomic E-state index is 10.6. The fraction of sp³-hybridized carbons (Fsp3) is 0.300. The summed E-state index contributed by atoms with van der Waals surface area (Å²) in [7, 11) is 0. The molecule has 0 aliphatic rings. The first-order valence-electron chi connectivity index (χ1n) is 4.15. The Balaban J connectivity index is 2.83. The van der Waals surface area contributed by atoms with E-state index in [2.05, 4.69) is 0 Å². The third-order valence-corrected chi connectivity index (χ3v) is 1.92. The van der Waals surface area contributed by atoms with E-state index in [1.54, 1.807) is 12.1 Å². The summed E-state index contributed by atoms with van der Waals surface area (Å²) in [6.45, 7) is 1.22. The number of aliphatic hydroxyl groups is 1. The van der Waals surface area contributed by atoms with Crippen LogP contribution in [0.1, 0.15) is 12.5 Å². The largest absolute Gasteiger partial charge is 0.508 e. The first-order chi connectivity index (χ1) is 6.42. The number of hydrogen-bond acceptors (Lipinski definition) is 3. The van der Waals surface area contributed by atoms with Crippen LogP contribution in [0.4, 0.5) is 0 Å². The Bertz CT molecular complexity index is 344. The Hall–Kier alpha value is -1.55. The van der Waals surface area contributed by atoms with Gasteiger partial charge in [0.1, 0.15) is 5.75 Å². The van der Waals surface area contributed by atoms with Gasteiger partial charge < -0.3 is 15.3 Å². The second kappa shape index (κ2) is 3.67. The monoisotopic (exact) mass is 196 g/mol. The highest BCUT2D eigenvalue weighted by atomic mass is 16.4. The molecule has 4 heteroatoms. The Morgan fingerprint density at radius 2 is 2.14 bits per heavy atom. The predicted molar refractivity (Wildman–Crippen MR) is 50.1 cm³/mol. The molecule has 0 amide bonds. The maximum absolute atomic E-state index is 10.6. The zero-order chi connectivity index (χ0) is 10.8. The molecule has 0 heterocycles. The lowest BCUT2D eigenvalue weighted by atomic mass is 9.97. The van der Waals surface area contributed by atoms with Crippen molar-refractivity contribution in [1.29, 1.82) is 0 Å². The van der Waals surface area contributed by atoms with Gasteiger partial charge in [-0.15, -0.1) is 0 Å². The lowest BCUT2D eigenvalue weighted by Crippen LogP contribution is -2.37. The number of phenols is 1. The van der Waals surface area contributed by atoms with E-state index in [0.717, 1.165) is 0 Å². The normalized spacial score (nSPS) is 14.7. The van der Waals surface area contributed by atoms with Crippen molar-refractivity contribution in [2.24, 2.45) is 0 Å². The van der Waals surface area contributed by atoms with E-state index in [-0.39, 0.29) is 12.2 Å². The molecule has 76 valence electrons. The highest BCUT2D eigenvalue weighted by molar-refractivity contribution is 5.76. The van der Waals surface area contributed by atoms with Crippen molar-refractivity contribution in [3.63, 3.8) is 0 Å². The molecular weight excluding hydrogens is 184 g/mol. The molecule has 0 unspecified atom stereocenters. The van der Waals surface area contributed by atoms with Crippen molar-refractivity contribution >= 4 is 5.97 Å². The van der Waals surface area contributed by atoms with Gasteiger partial charge in [-0.3, -0.25) is 0 Å². The van der Waals surface area contributed by atoms with Crippen LogP contribution in [0.15, 0.2) is 24.3 Å². The molecule has 0 bridgehead atoms. The van der Waals surface area contributed by atoms with Crippen LogP contribution in [0.25, 0.3) is 0 Å². The number of aromatic hydroxyl groups is 1. The van der Waals surface area contributed by atoms with E-state index in [1.165, 1.54) is 19.1 Å². The molecule has 1 rings (SSSR count). The van der Waals surface area contributed by atoms with Crippen LogP contribution < -0.4 is 0 Å². The van der Waals surface area contributed by atoms with Gasteiger partial charge in [-0.05, 0) is 24.6 Å². The molecule has 14 heavy (non-hydrogen) atoms. The van der Waals surface area contributed by atoms with E-state index in [4.69, 9.17) is 10.2 Å². The second-order valence-electron chi connectivity index (χ2n) is 3.43. The zero-order valence-corrected chi connectivity index (χ0v) is 7.77. The SMILES string of the molecule is C[C@@](O)(Cc1cccc(O)c1)C(=O)O. The molecule has 0 fully saturated rings. The van der Waals surface area contributed by atoms with Crippen LogP contribution in [-0.4, -0.2) is 26.9 Å². The Morgan fingerprint density at radius 1 is 1.50 bits per heavy atom. The van der Waals surface area contributed by atoms with Gasteiger partial charge in [-0.25, -0.2) is 4.79 Å². The first-order valence-corrected chi connectivity index (χ1v) is 4.15. The maximum Gasteiger partial charge on any atom is 0.335 e. The van der Waals surface area contributed by atoms with Gasteiger partial charge in [0.15, 0.2) is 5.60 Å². The van der Waals surface area contributed by atoms with E-state index in [1.807, 2.05) is 0 Å². The topological polar surface area (TPSA) is 77.8 Å². The fourth-order valence-electron chi connectivity index (χ4n) is 1.14. The molecule has 0 saturated carbocycles. The molecule has 0 aliphatic heterocycles. The Kier molecular flexibility index (Phi) is 2.76. The van der Waals surface area contributed by atoms with E-state index in [9.17, 15) is 9.90 Å². The smallest absolute Gasteiger partial charge is 0.335 e. The molecule has 0 spiro atoms. The van der Waals surface area contributed by atoms with Crippen molar-refractivity contribution in [3.05, 3.63) is 29.8 Å². The molecule has 0 radical (unpaired) electrons. The number of phenolic OH excluding ortho intramolecular Hbond substituents is 1. The summed E-state index contributed by atoms with van der Waals surface area (Å²) in [6.07, 6.45) is -0.0310. The minimum absolute atomic E-state index is 0.0310. The fourth-order valence-corrected chi connectivity index (χ4v) is 1.14. The Labute approximate surface area is 81.4 Å². The van der Waals surface area contributed by atoms with Gasteiger partial charge in [0.05, 0.1) is 0 Å². The number of carboxylic acids is 1. The number of hydrogen-bond donors (Lipinski definition) is 3. The van der Waals surface area contributed by atoms with Gasteiger partial charge in [-0.2, -0.15) is 0 Å². The van der Waals surface area contributed by atoms with Crippen LogP contribution in [0.2, 0.25) is 0 Å². The summed E-state index contributed by atoms with van der Waals surface area (Å²) >= 11 is 0. The Morgan fingerprint density at radius 3 is 2.64 bits per heavy atom. The molecular formula is C10H12O4. The van der Waals surface area contributed by atoms with E-state index < -0.39 is 11.6 Å². The highest BCUT2D eigenvalue weighted by Gasteiger charge is 2.29. The summed E-state index contributed by atoms with van der Waals surface area (Å²) < 4.78 is 0. The summed E-state index contributed by atoms with van der Waals surface area (Å²) in [5.41, 5.74) is -1.22. The van der Waals surface area contributed by atoms with Crippen LogP contribution >= 0.6 is 0 Å². The highest BCUT2D eigenvalue weighted by Crippen LogP contribution is 2.17. The van der Waals surface area contributed by atoms with Crippen LogP contribution in [0.3, 0.4) is 0 Å². The van der Waals surface area contributed by atoms with Gasteiger partial charge in [0, 0.05) is 6.42 Å². The predicted octanol–water partition coefficient (Wildman–Crippen LogP) is 0.770. The van der Waals surface area contributed by atoms with Crippen molar-refractivity contribution in [3.8, 4) is 5.75 Å². The standard InChI is InChI=1S/C10H12O4/c1-10(14,9(12)13)6-7-3-2-4-8(11)5-7/h2-5,11,14H,6H2,1H3,(H,12,13)/t10-/m1/s1. The van der Waals surface area contributed by atoms with Crippen molar-refractivity contribution in [2.45, 2.75) is 18.9 Å². The average molecular weight is 196 g/mol. The molecule has 4 nitrogen and oxygen atoms in total. The van der Waals surface area contributed by atoms with Gasteiger partial charge >= 0.3 is 5.97 Å². The molecule has 0 saturated heterocycles.